The molecule has 0 radical (unpaired) electrons. The van der Waals surface area contributed by atoms with Crippen molar-refractivity contribution in [3.8, 4) is 0 Å². The number of primary amides is 1. The highest BCUT2D eigenvalue weighted by Gasteiger charge is 2.33. The van der Waals surface area contributed by atoms with Crippen LogP contribution >= 0.6 is 22.9 Å². The fourth-order valence-corrected chi connectivity index (χ4v) is 4.10. The molecule has 29 heavy (non-hydrogen) atoms. The fraction of sp³-hybridized carbons (Fsp3) is 0.350. The van der Waals surface area contributed by atoms with Crippen LogP contribution < -0.4 is 16.0 Å². The van der Waals surface area contributed by atoms with E-state index in [-0.39, 0.29) is 12.0 Å². The Balaban J connectivity index is 1.58. The number of nitrogens with two attached hydrogens (primary N) is 1. The number of rotatable bonds is 9. The van der Waals surface area contributed by atoms with Crippen molar-refractivity contribution in [2.45, 2.75) is 31.8 Å². The number of amides is 3. The minimum atomic E-state index is -0.475. The second-order valence-corrected chi connectivity index (χ2v) is 7.99. The van der Waals surface area contributed by atoms with Gasteiger partial charge in [-0.05, 0) is 54.1 Å². The van der Waals surface area contributed by atoms with Gasteiger partial charge in [0.05, 0.1) is 11.4 Å². The van der Waals surface area contributed by atoms with Gasteiger partial charge < -0.3 is 15.8 Å². The van der Waals surface area contributed by atoms with Crippen molar-refractivity contribution in [2.24, 2.45) is 5.73 Å². The molecule has 0 unspecified atom stereocenters. The normalized spacial score (nSPS) is 16.0. The maximum atomic E-state index is 12.3. The summed E-state index contributed by atoms with van der Waals surface area (Å²) >= 11 is 6.90. The summed E-state index contributed by atoms with van der Waals surface area (Å²) in [5.74, 6) is 0.00605. The zero-order valence-electron chi connectivity index (χ0n) is 15.7. The Morgan fingerprint density at radius 2 is 2.00 bits per heavy atom. The molecular formula is C20H22ClN3O4S. The molecule has 0 aliphatic carbocycles. The third-order valence-electron chi connectivity index (χ3n) is 4.54. The Bertz CT molecular complexity index is 884. The van der Waals surface area contributed by atoms with Gasteiger partial charge >= 0.3 is 6.09 Å². The van der Waals surface area contributed by atoms with E-state index in [0.29, 0.717) is 41.5 Å². The van der Waals surface area contributed by atoms with Gasteiger partial charge in [0, 0.05) is 30.1 Å². The summed E-state index contributed by atoms with van der Waals surface area (Å²) in [7, 11) is 0. The van der Waals surface area contributed by atoms with Gasteiger partial charge in [-0.1, -0.05) is 0 Å². The Labute approximate surface area is 177 Å². The molecule has 0 bridgehead atoms. The smallest absolute Gasteiger partial charge is 0.414 e. The van der Waals surface area contributed by atoms with Gasteiger partial charge in [-0.2, -0.15) is 0 Å². The van der Waals surface area contributed by atoms with Gasteiger partial charge in [0.2, 0.25) is 5.91 Å². The van der Waals surface area contributed by atoms with Gasteiger partial charge in [0.25, 0.3) is 5.91 Å². The lowest BCUT2D eigenvalue weighted by atomic mass is 10.1. The number of benzene rings is 1. The first kappa shape index (κ1) is 21.1. The summed E-state index contributed by atoms with van der Waals surface area (Å²) in [6, 6.07) is 8.85. The standard InChI is InChI=1S/C20H22ClN3O4S/c21-9-2-1-3-17(25)23-14-4-6-15(7-5-14)24-12-16(28-20(24)27)11-13-8-10-29-18(13)19(22)26/h4-8,10,16H,1-3,9,11-12H2,(H2,22,26)(H,23,25)/t16-/m0/s1. The largest absolute Gasteiger partial charge is 0.444 e. The highest BCUT2D eigenvalue weighted by atomic mass is 35.5. The Hall–Kier alpha value is -2.58. The van der Waals surface area contributed by atoms with E-state index in [4.69, 9.17) is 22.1 Å². The molecule has 3 rings (SSSR count). The monoisotopic (exact) mass is 435 g/mol. The fourth-order valence-electron chi connectivity index (χ4n) is 3.12. The Morgan fingerprint density at radius 3 is 2.69 bits per heavy atom. The number of carbonyl (C=O) groups excluding carboxylic acids is 3. The number of hydrogen-bond acceptors (Lipinski definition) is 5. The van der Waals surface area contributed by atoms with Crippen molar-refractivity contribution >= 4 is 52.2 Å². The van der Waals surface area contributed by atoms with Crippen LogP contribution in [0.1, 0.15) is 34.5 Å². The first-order chi connectivity index (χ1) is 14.0. The molecule has 3 amide bonds. The molecular weight excluding hydrogens is 414 g/mol. The van der Waals surface area contributed by atoms with E-state index < -0.39 is 12.0 Å². The first-order valence-electron chi connectivity index (χ1n) is 9.28. The van der Waals surface area contributed by atoms with Crippen LogP contribution in [0.4, 0.5) is 16.2 Å². The lowest BCUT2D eigenvalue weighted by Gasteiger charge is -2.14. The van der Waals surface area contributed by atoms with E-state index in [1.54, 1.807) is 29.6 Å². The molecule has 1 aromatic carbocycles. The molecule has 154 valence electrons. The van der Waals surface area contributed by atoms with Gasteiger partial charge in [0.15, 0.2) is 0 Å². The third-order valence-corrected chi connectivity index (χ3v) is 5.78. The minimum absolute atomic E-state index is 0.0652. The molecule has 1 aliphatic heterocycles. The maximum Gasteiger partial charge on any atom is 0.414 e. The molecule has 0 spiro atoms. The van der Waals surface area contributed by atoms with Gasteiger partial charge in [-0.25, -0.2) is 4.79 Å². The highest BCUT2D eigenvalue weighted by Crippen LogP contribution is 2.26. The summed E-state index contributed by atoms with van der Waals surface area (Å²) in [4.78, 5) is 37.6. The van der Waals surface area contributed by atoms with Crippen molar-refractivity contribution in [3.63, 3.8) is 0 Å². The van der Waals surface area contributed by atoms with E-state index in [1.165, 1.54) is 16.2 Å². The number of nitrogens with zero attached hydrogens (tertiary/aromatic N) is 1. The van der Waals surface area contributed by atoms with E-state index in [0.717, 1.165) is 18.4 Å². The van der Waals surface area contributed by atoms with Crippen molar-refractivity contribution < 1.29 is 19.1 Å². The van der Waals surface area contributed by atoms with Crippen LogP contribution in [-0.4, -0.2) is 36.4 Å². The Kier molecular flexibility index (Phi) is 7.11. The van der Waals surface area contributed by atoms with Crippen LogP contribution in [0.2, 0.25) is 0 Å². The van der Waals surface area contributed by atoms with Gasteiger partial charge in [0.1, 0.15) is 6.10 Å². The van der Waals surface area contributed by atoms with E-state index in [1.807, 2.05) is 6.07 Å². The summed E-state index contributed by atoms with van der Waals surface area (Å²) in [6.07, 6.45) is 1.60. The Morgan fingerprint density at radius 1 is 1.24 bits per heavy atom. The third kappa shape index (κ3) is 5.48. The maximum absolute atomic E-state index is 12.3. The number of alkyl halides is 1. The van der Waals surface area contributed by atoms with Crippen molar-refractivity contribution in [3.05, 3.63) is 46.2 Å². The molecule has 9 heteroatoms. The zero-order chi connectivity index (χ0) is 20.8. The van der Waals surface area contributed by atoms with Crippen LogP contribution in [0.5, 0.6) is 0 Å². The second kappa shape index (κ2) is 9.76. The molecule has 1 aromatic heterocycles. The predicted octanol–water partition coefficient (Wildman–Crippen LogP) is 3.76. The van der Waals surface area contributed by atoms with Crippen molar-refractivity contribution in [1.82, 2.24) is 0 Å². The highest BCUT2D eigenvalue weighted by molar-refractivity contribution is 7.12. The first-order valence-corrected chi connectivity index (χ1v) is 10.7. The number of cyclic esters (lactones) is 1. The van der Waals surface area contributed by atoms with Crippen LogP contribution in [0.3, 0.4) is 0 Å². The lowest BCUT2D eigenvalue weighted by Crippen LogP contribution is -2.25. The molecule has 1 saturated heterocycles. The molecule has 0 saturated carbocycles. The number of carbonyl (C=O) groups is 3. The van der Waals surface area contributed by atoms with E-state index >= 15 is 0 Å². The van der Waals surface area contributed by atoms with Gasteiger partial charge in [-0.3, -0.25) is 14.5 Å². The van der Waals surface area contributed by atoms with E-state index in [2.05, 4.69) is 5.32 Å². The quantitative estimate of drug-likeness (QED) is 0.462. The number of halogens is 1. The van der Waals surface area contributed by atoms with Crippen molar-refractivity contribution in [2.75, 3.05) is 22.6 Å². The number of nitrogens with one attached hydrogen (secondary N) is 1. The number of anilines is 2. The topological polar surface area (TPSA) is 102 Å². The van der Waals surface area contributed by atoms with Crippen LogP contribution in [0.25, 0.3) is 0 Å². The molecule has 1 aliphatic rings. The van der Waals surface area contributed by atoms with Crippen molar-refractivity contribution in [1.29, 1.82) is 0 Å². The summed E-state index contributed by atoms with van der Waals surface area (Å²) in [5, 5.41) is 4.62. The average molecular weight is 436 g/mol. The minimum Gasteiger partial charge on any atom is -0.444 e. The van der Waals surface area contributed by atoms with E-state index in [9.17, 15) is 14.4 Å². The molecule has 2 aromatic rings. The molecule has 2 heterocycles. The summed E-state index contributed by atoms with van der Waals surface area (Å²) < 4.78 is 5.45. The molecule has 7 nitrogen and oxygen atoms in total. The summed E-state index contributed by atoms with van der Waals surface area (Å²) in [6.45, 7) is 0.372. The van der Waals surface area contributed by atoms with Crippen LogP contribution in [-0.2, 0) is 16.0 Å². The summed E-state index contributed by atoms with van der Waals surface area (Å²) in [5.41, 5.74) is 7.51. The predicted molar refractivity (Wildman–Crippen MR) is 114 cm³/mol. The SMILES string of the molecule is NC(=O)c1sccc1C[C@H]1CN(c2ccc(NC(=O)CCCCCl)cc2)C(=O)O1. The van der Waals surface area contributed by atoms with Crippen LogP contribution in [0.15, 0.2) is 35.7 Å². The zero-order valence-corrected chi connectivity index (χ0v) is 17.3. The molecule has 1 atom stereocenters. The molecule has 1 fully saturated rings. The lowest BCUT2D eigenvalue weighted by molar-refractivity contribution is -0.116. The number of thiophene rings is 1. The average Bonchev–Trinajstić information content (AvgIpc) is 3.29. The van der Waals surface area contributed by atoms with Gasteiger partial charge in [-0.15, -0.1) is 22.9 Å². The number of ether oxygens (including phenoxy) is 1. The molecule has 3 N–H and O–H groups in total. The number of unbranched alkanes of at least 4 members (excludes halogenated alkanes) is 1. The second-order valence-electron chi connectivity index (χ2n) is 6.70. The number of hydrogen-bond donors (Lipinski definition) is 2. The van der Waals surface area contributed by atoms with Crippen LogP contribution in [0, 0.1) is 0 Å².